The van der Waals surface area contributed by atoms with Crippen molar-refractivity contribution < 1.29 is 23.8 Å². The number of fused-ring (bicyclic) bond motifs is 1. The second-order valence-electron chi connectivity index (χ2n) is 10.0. The molecule has 1 aromatic rings. The Hall–Kier alpha value is -2.84. The molecule has 3 heterocycles. The van der Waals surface area contributed by atoms with E-state index in [0.717, 1.165) is 50.0 Å². The monoisotopic (exact) mass is 497 g/mol. The van der Waals surface area contributed by atoms with Crippen molar-refractivity contribution in [2.45, 2.75) is 52.0 Å². The molecule has 0 aromatic heterocycles. The van der Waals surface area contributed by atoms with E-state index in [1.54, 1.807) is 6.07 Å². The highest BCUT2D eigenvalue weighted by Crippen LogP contribution is 2.43. The summed E-state index contributed by atoms with van der Waals surface area (Å²) in [6.45, 7) is 11.5. The Morgan fingerprint density at radius 2 is 2.06 bits per heavy atom. The first kappa shape index (κ1) is 26.2. The number of hydrogen-bond donors (Lipinski definition) is 1. The summed E-state index contributed by atoms with van der Waals surface area (Å²) in [4.78, 5) is 30.3. The van der Waals surface area contributed by atoms with E-state index in [-0.39, 0.29) is 17.7 Å². The van der Waals surface area contributed by atoms with Crippen LogP contribution >= 0.6 is 0 Å². The smallest absolute Gasteiger partial charge is 0.341 e. The molecule has 0 saturated carbocycles. The number of rotatable bonds is 8. The third-order valence-electron chi connectivity index (χ3n) is 7.63. The van der Waals surface area contributed by atoms with Gasteiger partial charge in [-0.25, -0.2) is 4.79 Å². The maximum Gasteiger partial charge on any atom is 0.341 e. The molecule has 1 aromatic carbocycles. The number of nitrogens with zero attached hydrogens (tertiary/aromatic N) is 2. The van der Waals surface area contributed by atoms with Gasteiger partial charge < -0.3 is 29.3 Å². The van der Waals surface area contributed by atoms with E-state index in [0.29, 0.717) is 48.6 Å². The van der Waals surface area contributed by atoms with Gasteiger partial charge in [0.15, 0.2) is 0 Å². The maximum atomic E-state index is 13.3. The van der Waals surface area contributed by atoms with Gasteiger partial charge in [-0.1, -0.05) is 32.9 Å². The van der Waals surface area contributed by atoms with Gasteiger partial charge in [-0.15, -0.1) is 0 Å². The molecule has 36 heavy (non-hydrogen) atoms. The summed E-state index contributed by atoms with van der Waals surface area (Å²) in [5, 5.41) is 2.99. The van der Waals surface area contributed by atoms with Crippen LogP contribution in [0.5, 0.6) is 5.75 Å². The summed E-state index contributed by atoms with van der Waals surface area (Å²) >= 11 is 0. The van der Waals surface area contributed by atoms with Gasteiger partial charge >= 0.3 is 5.97 Å². The minimum atomic E-state index is -0.502. The van der Waals surface area contributed by atoms with E-state index < -0.39 is 5.97 Å². The van der Waals surface area contributed by atoms with Crippen molar-refractivity contribution in [2.75, 3.05) is 50.7 Å². The van der Waals surface area contributed by atoms with Crippen LogP contribution in [0.15, 0.2) is 36.2 Å². The fourth-order valence-electron chi connectivity index (χ4n) is 5.10. The Kier molecular flexibility index (Phi) is 8.36. The molecule has 8 nitrogen and oxygen atoms in total. The van der Waals surface area contributed by atoms with Crippen LogP contribution in [-0.4, -0.2) is 63.3 Å². The summed E-state index contributed by atoms with van der Waals surface area (Å²) in [6, 6.07) is 3.81. The number of allylic oxidation sites excluding steroid dienone is 2. The van der Waals surface area contributed by atoms with Gasteiger partial charge in [0.05, 0.1) is 18.5 Å². The highest BCUT2D eigenvalue weighted by molar-refractivity contribution is 6.13. The van der Waals surface area contributed by atoms with Crippen molar-refractivity contribution in [3.8, 4) is 5.75 Å². The second-order valence-corrected chi connectivity index (χ2v) is 10.0. The Balaban J connectivity index is 1.78. The maximum absolute atomic E-state index is 13.3. The number of esters is 1. The Morgan fingerprint density at radius 3 is 2.69 bits per heavy atom. The molecular weight excluding hydrogens is 458 g/mol. The normalized spacial score (nSPS) is 22.8. The van der Waals surface area contributed by atoms with E-state index in [9.17, 15) is 9.59 Å². The number of ether oxygens (including phenoxy) is 3. The van der Waals surface area contributed by atoms with E-state index in [2.05, 4.69) is 37.7 Å². The van der Waals surface area contributed by atoms with Gasteiger partial charge in [-0.2, -0.15) is 0 Å². The number of amides is 1. The molecule has 2 saturated heterocycles. The number of likely N-dealkylation sites (N-methyl/N-ethyl adjacent to an activating group) is 1. The highest BCUT2D eigenvalue weighted by atomic mass is 16.5. The van der Waals surface area contributed by atoms with Crippen LogP contribution in [0.3, 0.4) is 0 Å². The first-order valence-corrected chi connectivity index (χ1v) is 13.0. The van der Waals surface area contributed by atoms with Crippen molar-refractivity contribution in [3.05, 3.63) is 41.7 Å². The molecule has 0 aliphatic carbocycles. The topological polar surface area (TPSA) is 80.3 Å². The van der Waals surface area contributed by atoms with Crippen molar-refractivity contribution >= 4 is 23.3 Å². The average Bonchev–Trinajstić information content (AvgIpc) is 3.31. The molecule has 8 heteroatoms. The van der Waals surface area contributed by atoms with Crippen LogP contribution in [0.25, 0.3) is 0 Å². The van der Waals surface area contributed by atoms with Crippen LogP contribution in [0.2, 0.25) is 0 Å². The average molecular weight is 498 g/mol. The lowest BCUT2D eigenvalue weighted by Gasteiger charge is -2.39. The number of carbonyl (C=O) groups is 2. The summed E-state index contributed by atoms with van der Waals surface area (Å²) in [7, 11) is 3.44. The van der Waals surface area contributed by atoms with Crippen LogP contribution in [0.4, 0.5) is 11.4 Å². The minimum absolute atomic E-state index is 0.189. The molecule has 2 atom stereocenters. The number of methoxy groups -OCH3 is 1. The zero-order valence-electron chi connectivity index (χ0n) is 22.0. The lowest BCUT2D eigenvalue weighted by Crippen LogP contribution is -2.39. The van der Waals surface area contributed by atoms with Crippen LogP contribution < -0.4 is 15.0 Å². The molecule has 196 valence electrons. The van der Waals surface area contributed by atoms with Crippen LogP contribution in [-0.2, 0) is 14.3 Å². The molecule has 2 unspecified atom stereocenters. The van der Waals surface area contributed by atoms with Gasteiger partial charge in [0.2, 0.25) is 0 Å². The lowest BCUT2D eigenvalue weighted by molar-refractivity contribution is -0.113. The molecular formula is C28H39N3O5. The number of carbonyl (C=O) groups excluding carboxylic acids is 2. The van der Waals surface area contributed by atoms with E-state index >= 15 is 0 Å². The molecule has 0 radical (unpaired) electrons. The Bertz CT molecular complexity index is 1030. The molecule has 2 fully saturated rings. The summed E-state index contributed by atoms with van der Waals surface area (Å²) in [6.07, 6.45) is 6.80. The minimum Gasteiger partial charge on any atom is -0.491 e. The van der Waals surface area contributed by atoms with Crippen molar-refractivity contribution in [1.82, 2.24) is 4.90 Å². The molecule has 0 spiro atoms. The SMILES string of the molecule is C=C(C1CCOCC1)N1/C(=C\C(C)CC)C(=O)Nc2cc(C(=O)OC)c(OCC3CCCN3C)cc21. The number of nitrogens with one attached hydrogen (secondary N) is 1. The second kappa shape index (κ2) is 11.5. The third kappa shape index (κ3) is 5.44. The van der Waals surface area contributed by atoms with Crippen LogP contribution in [0.1, 0.15) is 56.3 Å². The van der Waals surface area contributed by atoms with Crippen LogP contribution in [0, 0.1) is 11.8 Å². The molecule has 1 amide bonds. The summed E-state index contributed by atoms with van der Waals surface area (Å²) in [5.41, 5.74) is 3.00. The number of hydrogen-bond acceptors (Lipinski definition) is 7. The van der Waals surface area contributed by atoms with Gasteiger partial charge in [0, 0.05) is 36.9 Å². The van der Waals surface area contributed by atoms with Crippen molar-refractivity contribution in [2.24, 2.45) is 11.8 Å². The summed E-state index contributed by atoms with van der Waals surface area (Å²) < 4.78 is 16.9. The van der Waals surface area contributed by atoms with E-state index in [1.807, 2.05) is 17.0 Å². The largest absolute Gasteiger partial charge is 0.491 e. The molecule has 3 aliphatic rings. The van der Waals surface area contributed by atoms with E-state index in [4.69, 9.17) is 14.2 Å². The standard InChI is InChI=1S/C28H39N3O5/c1-6-18(2)14-25-27(32)29-23-15-22(28(33)34-5)26(36-17-21-8-7-11-30(21)4)16-24(23)31(25)19(3)20-9-12-35-13-10-20/h14-16,18,20-21H,3,6-13,17H2,1-2,4-5H3,(H,29,32)/b25-14-. The first-order chi connectivity index (χ1) is 17.3. The molecule has 0 bridgehead atoms. The number of benzene rings is 1. The predicted molar refractivity (Wildman–Crippen MR) is 140 cm³/mol. The van der Waals surface area contributed by atoms with E-state index in [1.165, 1.54) is 7.11 Å². The fourth-order valence-corrected chi connectivity index (χ4v) is 5.10. The highest BCUT2D eigenvalue weighted by Gasteiger charge is 2.35. The van der Waals surface area contributed by atoms with Crippen molar-refractivity contribution in [3.63, 3.8) is 0 Å². The fraction of sp³-hybridized carbons (Fsp3) is 0.571. The predicted octanol–water partition coefficient (Wildman–Crippen LogP) is 4.58. The first-order valence-electron chi connectivity index (χ1n) is 13.0. The quantitative estimate of drug-likeness (QED) is 0.416. The molecule has 3 aliphatic heterocycles. The van der Waals surface area contributed by atoms with Gasteiger partial charge in [-0.3, -0.25) is 4.79 Å². The zero-order valence-corrected chi connectivity index (χ0v) is 22.0. The Morgan fingerprint density at radius 1 is 1.31 bits per heavy atom. The number of anilines is 2. The zero-order chi connectivity index (χ0) is 25.8. The lowest BCUT2D eigenvalue weighted by atomic mass is 9.93. The third-order valence-corrected chi connectivity index (χ3v) is 7.63. The summed E-state index contributed by atoms with van der Waals surface area (Å²) in [5.74, 6) is 0.130. The van der Waals surface area contributed by atoms with Crippen molar-refractivity contribution in [1.29, 1.82) is 0 Å². The van der Waals surface area contributed by atoms with Gasteiger partial charge in [0.25, 0.3) is 5.91 Å². The molecule has 1 N–H and O–H groups in total. The Labute approximate surface area is 214 Å². The van der Waals surface area contributed by atoms with Gasteiger partial charge in [0.1, 0.15) is 23.6 Å². The number of likely N-dealkylation sites (tertiary alicyclic amines) is 1. The van der Waals surface area contributed by atoms with Gasteiger partial charge in [-0.05, 0) is 51.3 Å². The molecule has 4 rings (SSSR count).